The molecular formula is C17H19FN4O2. The second-order valence-corrected chi connectivity index (χ2v) is 6.15. The van der Waals surface area contributed by atoms with Gasteiger partial charge in [-0.3, -0.25) is 14.3 Å². The molecule has 1 heterocycles. The second-order valence-electron chi connectivity index (χ2n) is 6.15. The van der Waals surface area contributed by atoms with E-state index in [2.05, 4.69) is 10.4 Å². The Morgan fingerprint density at radius 1 is 1.33 bits per heavy atom. The molecule has 1 aliphatic rings. The Labute approximate surface area is 138 Å². The molecule has 1 fully saturated rings. The molecule has 24 heavy (non-hydrogen) atoms. The summed E-state index contributed by atoms with van der Waals surface area (Å²) in [7, 11) is 0. The fraction of sp³-hybridized carbons (Fsp3) is 0.353. The largest absolute Gasteiger partial charge is 0.368 e. The minimum absolute atomic E-state index is 0.0507. The Balaban J connectivity index is 1.83. The van der Waals surface area contributed by atoms with E-state index in [1.807, 2.05) is 0 Å². The van der Waals surface area contributed by atoms with Crippen LogP contribution in [0.3, 0.4) is 0 Å². The molecule has 0 saturated heterocycles. The zero-order chi connectivity index (χ0) is 17.2. The molecule has 0 atom stereocenters. The lowest BCUT2D eigenvalue weighted by Gasteiger charge is -2.28. The standard InChI is InChI=1S/C17H19FN4O2/c18-13-5-3-4-12(8-13)17(6-1-2-7-17)16(24)21-14-9-20-22(10-14)11-15(19)23/h3-5,8-10H,1-2,6-7,11H2,(H2,19,23)(H,21,24). The second kappa shape index (κ2) is 6.43. The fourth-order valence-electron chi connectivity index (χ4n) is 3.34. The van der Waals surface area contributed by atoms with Crippen LogP contribution in [-0.4, -0.2) is 21.6 Å². The summed E-state index contributed by atoms with van der Waals surface area (Å²) >= 11 is 0. The van der Waals surface area contributed by atoms with Gasteiger partial charge < -0.3 is 11.1 Å². The first-order chi connectivity index (χ1) is 11.5. The summed E-state index contributed by atoms with van der Waals surface area (Å²) in [6, 6.07) is 6.23. The molecule has 1 aromatic carbocycles. The van der Waals surface area contributed by atoms with Crippen LogP contribution < -0.4 is 11.1 Å². The van der Waals surface area contributed by atoms with E-state index in [4.69, 9.17) is 5.73 Å². The predicted molar refractivity (Wildman–Crippen MR) is 86.6 cm³/mol. The lowest BCUT2D eigenvalue weighted by Crippen LogP contribution is -2.38. The third kappa shape index (κ3) is 3.15. The van der Waals surface area contributed by atoms with Crippen molar-refractivity contribution in [2.24, 2.45) is 5.73 Å². The number of primary amides is 1. The van der Waals surface area contributed by atoms with Gasteiger partial charge in [-0.2, -0.15) is 5.10 Å². The first-order valence-electron chi connectivity index (χ1n) is 7.88. The van der Waals surface area contributed by atoms with E-state index in [0.29, 0.717) is 24.1 Å². The predicted octanol–water partition coefficient (Wildman–Crippen LogP) is 1.96. The molecule has 0 spiro atoms. The highest BCUT2D eigenvalue weighted by Crippen LogP contribution is 2.42. The molecule has 6 nitrogen and oxygen atoms in total. The third-order valence-electron chi connectivity index (χ3n) is 4.48. The molecule has 3 N–H and O–H groups in total. The first kappa shape index (κ1) is 16.2. The van der Waals surface area contributed by atoms with E-state index in [1.54, 1.807) is 18.3 Å². The molecule has 0 unspecified atom stereocenters. The number of nitrogens with zero attached hydrogens (tertiary/aromatic N) is 2. The van der Waals surface area contributed by atoms with Crippen LogP contribution in [0.4, 0.5) is 10.1 Å². The van der Waals surface area contributed by atoms with E-state index in [-0.39, 0.29) is 18.3 Å². The van der Waals surface area contributed by atoms with Crippen molar-refractivity contribution in [1.82, 2.24) is 9.78 Å². The Morgan fingerprint density at radius 2 is 2.08 bits per heavy atom. The summed E-state index contributed by atoms with van der Waals surface area (Å²) in [5.74, 6) is -1.03. The van der Waals surface area contributed by atoms with Gasteiger partial charge in [0.15, 0.2) is 0 Å². The fourth-order valence-corrected chi connectivity index (χ4v) is 3.34. The first-order valence-corrected chi connectivity index (χ1v) is 7.88. The number of hydrogen-bond donors (Lipinski definition) is 2. The van der Waals surface area contributed by atoms with Crippen molar-refractivity contribution in [3.05, 3.63) is 48.0 Å². The van der Waals surface area contributed by atoms with Crippen LogP contribution in [0, 0.1) is 5.82 Å². The maximum absolute atomic E-state index is 13.6. The lowest BCUT2D eigenvalue weighted by molar-refractivity contribution is -0.121. The van der Waals surface area contributed by atoms with Gasteiger partial charge in [0.1, 0.15) is 12.4 Å². The van der Waals surface area contributed by atoms with Crippen LogP contribution in [0.2, 0.25) is 0 Å². The molecule has 3 rings (SSSR count). The van der Waals surface area contributed by atoms with Crippen LogP contribution in [0.1, 0.15) is 31.2 Å². The van der Waals surface area contributed by atoms with Gasteiger partial charge in [-0.05, 0) is 30.5 Å². The van der Waals surface area contributed by atoms with Gasteiger partial charge in [-0.15, -0.1) is 0 Å². The molecule has 2 aromatic rings. The summed E-state index contributed by atoms with van der Waals surface area (Å²) in [6.45, 7) is -0.0507. The molecule has 2 amide bonds. The van der Waals surface area contributed by atoms with Crippen LogP contribution in [0.5, 0.6) is 0 Å². The minimum atomic E-state index is -0.728. The van der Waals surface area contributed by atoms with E-state index in [1.165, 1.54) is 23.0 Å². The zero-order valence-corrected chi connectivity index (χ0v) is 13.2. The highest BCUT2D eigenvalue weighted by Gasteiger charge is 2.43. The normalized spacial score (nSPS) is 16.0. The van der Waals surface area contributed by atoms with Gasteiger partial charge in [-0.25, -0.2) is 4.39 Å². The number of nitrogens with one attached hydrogen (secondary N) is 1. The SMILES string of the molecule is NC(=O)Cn1cc(NC(=O)C2(c3cccc(F)c3)CCCC2)cn1. The topological polar surface area (TPSA) is 90.0 Å². The molecule has 0 aliphatic heterocycles. The quantitative estimate of drug-likeness (QED) is 0.878. The van der Waals surface area contributed by atoms with E-state index in [0.717, 1.165) is 12.8 Å². The number of nitrogens with two attached hydrogens (primary N) is 1. The van der Waals surface area contributed by atoms with Gasteiger partial charge in [0, 0.05) is 6.20 Å². The number of anilines is 1. The summed E-state index contributed by atoms with van der Waals surface area (Å²) in [4.78, 5) is 23.8. The van der Waals surface area contributed by atoms with Crippen LogP contribution >= 0.6 is 0 Å². The molecule has 0 bridgehead atoms. The Morgan fingerprint density at radius 3 is 2.75 bits per heavy atom. The van der Waals surface area contributed by atoms with Crippen molar-refractivity contribution >= 4 is 17.5 Å². The van der Waals surface area contributed by atoms with Gasteiger partial charge in [-0.1, -0.05) is 25.0 Å². The number of benzene rings is 1. The van der Waals surface area contributed by atoms with Crippen molar-refractivity contribution in [2.45, 2.75) is 37.6 Å². The highest BCUT2D eigenvalue weighted by atomic mass is 19.1. The summed E-state index contributed by atoms with van der Waals surface area (Å²) in [6.07, 6.45) is 6.22. The Kier molecular flexibility index (Phi) is 4.33. The highest BCUT2D eigenvalue weighted by molar-refractivity contribution is 5.99. The molecule has 0 radical (unpaired) electrons. The van der Waals surface area contributed by atoms with Gasteiger partial charge in [0.05, 0.1) is 17.3 Å². The molecule has 1 aromatic heterocycles. The number of hydrogen-bond acceptors (Lipinski definition) is 3. The van der Waals surface area contributed by atoms with Crippen molar-refractivity contribution in [1.29, 1.82) is 0 Å². The van der Waals surface area contributed by atoms with Crippen LogP contribution in [0.15, 0.2) is 36.7 Å². The van der Waals surface area contributed by atoms with Crippen LogP contribution in [-0.2, 0) is 21.5 Å². The number of rotatable bonds is 5. The maximum Gasteiger partial charge on any atom is 0.239 e. The van der Waals surface area contributed by atoms with E-state index in [9.17, 15) is 14.0 Å². The number of carbonyl (C=O) groups excluding carboxylic acids is 2. The molecular weight excluding hydrogens is 311 g/mol. The average Bonchev–Trinajstić information content (AvgIpc) is 3.17. The van der Waals surface area contributed by atoms with Crippen molar-refractivity contribution < 1.29 is 14.0 Å². The average molecular weight is 330 g/mol. The molecule has 7 heteroatoms. The maximum atomic E-state index is 13.6. The summed E-state index contributed by atoms with van der Waals surface area (Å²) in [5.41, 5.74) is 5.58. The van der Waals surface area contributed by atoms with Gasteiger partial charge >= 0.3 is 0 Å². The van der Waals surface area contributed by atoms with Crippen molar-refractivity contribution in [3.63, 3.8) is 0 Å². The lowest BCUT2D eigenvalue weighted by atomic mass is 9.78. The minimum Gasteiger partial charge on any atom is -0.368 e. The van der Waals surface area contributed by atoms with Crippen molar-refractivity contribution in [3.8, 4) is 0 Å². The van der Waals surface area contributed by atoms with Gasteiger partial charge in [0.25, 0.3) is 0 Å². The zero-order valence-electron chi connectivity index (χ0n) is 13.2. The molecule has 1 saturated carbocycles. The van der Waals surface area contributed by atoms with Gasteiger partial charge in [0.2, 0.25) is 11.8 Å². The third-order valence-corrected chi connectivity index (χ3v) is 4.48. The Bertz CT molecular complexity index is 765. The van der Waals surface area contributed by atoms with Crippen molar-refractivity contribution in [2.75, 3.05) is 5.32 Å². The van der Waals surface area contributed by atoms with E-state index < -0.39 is 11.3 Å². The Hall–Kier alpha value is -2.70. The number of aromatic nitrogens is 2. The number of amides is 2. The smallest absolute Gasteiger partial charge is 0.239 e. The van der Waals surface area contributed by atoms with Crippen LogP contribution in [0.25, 0.3) is 0 Å². The monoisotopic (exact) mass is 330 g/mol. The van der Waals surface area contributed by atoms with E-state index >= 15 is 0 Å². The summed E-state index contributed by atoms with van der Waals surface area (Å²) in [5, 5.41) is 6.83. The number of carbonyl (C=O) groups is 2. The molecule has 1 aliphatic carbocycles. The summed E-state index contributed by atoms with van der Waals surface area (Å²) < 4.78 is 15.0. The number of halogens is 1. The molecule has 126 valence electrons.